The van der Waals surface area contributed by atoms with Gasteiger partial charge in [-0.05, 0) is 24.8 Å². The highest BCUT2D eigenvalue weighted by atomic mass is 79.9. The highest BCUT2D eigenvalue weighted by Crippen LogP contribution is 2.35. The quantitative estimate of drug-likeness (QED) is 0.792. The van der Waals surface area contributed by atoms with E-state index < -0.39 is 0 Å². The van der Waals surface area contributed by atoms with Gasteiger partial charge in [0.25, 0.3) is 0 Å². The van der Waals surface area contributed by atoms with Crippen LogP contribution in [0.5, 0.6) is 0 Å². The number of fused-ring (bicyclic) bond motifs is 1. The topological polar surface area (TPSA) is 33.4 Å². The lowest BCUT2D eigenvalue weighted by atomic mass is 9.85. The van der Waals surface area contributed by atoms with Crippen LogP contribution in [0.15, 0.2) is 18.5 Å². The summed E-state index contributed by atoms with van der Waals surface area (Å²) >= 11 is 3.66. The Morgan fingerprint density at radius 3 is 2.71 bits per heavy atom. The van der Waals surface area contributed by atoms with Crippen LogP contribution in [0.1, 0.15) is 39.3 Å². The standard InChI is InChI=1S/C16H23BrN4/c1-16(2,3)14-9-13-15(18-5-6-21(13)19-14)20(4)10-11-7-12(17)8-11/h5-6,9,11-12H,7-8,10H2,1-4H3. The molecule has 1 saturated carbocycles. The van der Waals surface area contributed by atoms with Crippen LogP contribution in [-0.2, 0) is 5.41 Å². The molecule has 2 heterocycles. The number of rotatable bonds is 3. The maximum Gasteiger partial charge on any atom is 0.154 e. The maximum absolute atomic E-state index is 4.69. The van der Waals surface area contributed by atoms with Crippen molar-refractivity contribution in [3.63, 3.8) is 0 Å². The second-order valence-corrected chi connectivity index (χ2v) is 8.47. The van der Waals surface area contributed by atoms with Crippen molar-refractivity contribution in [3.8, 4) is 0 Å². The first-order chi connectivity index (χ1) is 9.84. The first-order valence-corrected chi connectivity index (χ1v) is 8.46. The van der Waals surface area contributed by atoms with Gasteiger partial charge in [0, 0.05) is 36.2 Å². The first kappa shape index (κ1) is 14.8. The molecule has 21 heavy (non-hydrogen) atoms. The van der Waals surface area contributed by atoms with Crippen LogP contribution in [0.25, 0.3) is 5.52 Å². The van der Waals surface area contributed by atoms with Crippen molar-refractivity contribution >= 4 is 27.3 Å². The molecule has 0 unspecified atom stereocenters. The number of hydrogen-bond acceptors (Lipinski definition) is 3. The summed E-state index contributed by atoms with van der Waals surface area (Å²) in [6, 6.07) is 2.17. The van der Waals surface area contributed by atoms with Gasteiger partial charge in [-0.25, -0.2) is 9.50 Å². The molecular formula is C16H23BrN4. The fraction of sp³-hybridized carbons (Fsp3) is 0.625. The summed E-state index contributed by atoms with van der Waals surface area (Å²) in [6.07, 6.45) is 6.30. The largest absolute Gasteiger partial charge is 0.358 e. The van der Waals surface area contributed by atoms with E-state index in [0.717, 1.165) is 29.5 Å². The third kappa shape index (κ3) is 2.93. The molecule has 0 saturated heterocycles. The smallest absolute Gasteiger partial charge is 0.154 e. The van der Waals surface area contributed by atoms with E-state index in [-0.39, 0.29) is 5.41 Å². The molecule has 0 aliphatic heterocycles. The maximum atomic E-state index is 4.69. The molecule has 2 aromatic rings. The molecule has 5 heteroatoms. The van der Waals surface area contributed by atoms with E-state index in [2.05, 4.69) is 59.7 Å². The molecule has 2 aromatic heterocycles. The van der Waals surface area contributed by atoms with Gasteiger partial charge in [0.2, 0.25) is 0 Å². The lowest BCUT2D eigenvalue weighted by molar-refractivity contribution is 0.338. The predicted molar refractivity (Wildman–Crippen MR) is 90.4 cm³/mol. The molecule has 114 valence electrons. The van der Waals surface area contributed by atoms with Crippen molar-refractivity contribution in [2.75, 3.05) is 18.5 Å². The van der Waals surface area contributed by atoms with Gasteiger partial charge in [0.15, 0.2) is 5.82 Å². The number of hydrogen-bond donors (Lipinski definition) is 0. The van der Waals surface area contributed by atoms with Crippen molar-refractivity contribution in [2.24, 2.45) is 5.92 Å². The molecule has 0 bridgehead atoms. The number of alkyl halides is 1. The van der Waals surface area contributed by atoms with Gasteiger partial charge in [-0.3, -0.25) is 0 Å². The van der Waals surface area contributed by atoms with Crippen LogP contribution in [0.2, 0.25) is 0 Å². The van der Waals surface area contributed by atoms with Crippen LogP contribution in [0, 0.1) is 5.92 Å². The molecule has 1 aliphatic rings. The van der Waals surface area contributed by atoms with E-state index in [1.165, 1.54) is 12.8 Å². The molecule has 1 fully saturated rings. The second kappa shape index (κ2) is 5.27. The zero-order valence-corrected chi connectivity index (χ0v) is 14.8. The van der Waals surface area contributed by atoms with E-state index in [9.17, 15) is 0 Å². The summed E-state index contributed by atoms with van der Waals surface area (Å²) in [5.41, 5.74) is 2.26. The van der Waals surface area contributed by atoms with E-state index in [1.807, 2.05) is 16.9 Å². The summed E-state index contributed by atoms with van der Waals surface area (Å²) < 4.78 is 1.95. The number of nitrogens with zero attached hydrogens (tertiary/aromatic N) is 4. The Bertz CT molecular complexity index is 637. The average Bonchev–Trinajstić information content (AvgIpc) is 2.80. The van der Waals surface area contributed by atoms with Crippen molar-refractivity contribution in [2.45, 2.75) is 43.9 Å². The normalized spacial score (nSPS) is 22.3. The number of anilines is 1. The highest BCUT2D eigenvalue weighted by Gasteiger charge is 2.28. The molecule has 0 atom stereocenters. The van der Waals surface area contributed by atoms with Crippen molar-refractivity contribution in [1.82, 2.24) is 14.6 Å². The van der Waals surface area contributed by atoms with Gasteiger partial charge in [-0.2, -0.15) is 5.10 Å². The molecule has 3 rings (SSSR count). The van der Waals surface area contributed by atoms with Gasteiger partial charge in [0.05, 0.1) is 5.69 Å². The Kier molecular flexibility index (Phi) is 3.72. The number of aromatic nitrogens is 3. The zero-order chi connectivity index (χ0) is 15.2. The SMILES string of the molecule is CN(CC1CC(Br)C1)c1nccn2nc(C(C)(C)C)cc12. The van der Waals surface area contributed by atoms with E-state index in [1.54, 1.807) is 0 Å². The molecule has 1 aliphatic carbocycles. The van der Waals surface area contributed by atoms with E-state index >= 15 is 0 Å². The first-order valence-electron chi connectivity index (χ1n) is 7.54. The Balaban J connectivity index is 1.89. The van der Waals surface area contributed by atoms with Gasteiger partial charge in [-0.1, -0.05) is 36.7 Å². The summed E-state index contributed by atoms with van der Waals surface area (Å²) in [6.45, 7) is 7.63. The van der Waals surface area contributed by atoms with Crippen LogP contribution in [0.3, 0.4) is 0 Å². The minimum Gasteiger partial charge on any atom is -0.358 e. The molecule has 4 nitrogen and oxygen atoms in total. The van der Waals surface area contributed by atoms with Crippen molar-refractivity contribution in [3.05, 3.63) is 24.2 Å². The van der Waals surface area contributed by atoms with Gasteiger partial charge in [-0.15, -0.1) is 0 Å². The molecular weight excluding hydrogens is 328 g/mol. The van der Waals surface area contributed by atoms with Crippen LogP contribution in [-0.4, -0.2) is 33.0 Å². The predicted octanol–water partition coefficient (Wildman–Crippen LogP) is 3.64. The zero-order valence-electron chi connectivity index (χ0n) is 13.2. The minimum atomic E-state index is 0.0546. The molecule has 0 spiro atoms. The van der Waals surface area contributed by atoms with Gasteiger partial charge < -0.3 is 4.90 Å². The van der Waals surface area contributed by atoms with Crippen LogP contribution in [0.4, 0.5) is 5.82 Å². The van der Waals surface area contributed by atoms with E-state index in [4.69, 9.17) is 5.10 Å². The summed E-state index contributed by atoms with van der Waals surface area (Å²) in [4.78, 5) is 7.57. The second-order valence-electron chi connectivity index (χ2n) is 7.18. The number of halogens is 1. The fourth-order valence-corrected chi connectivity index (χ4v) is 3.90. The van der Waals surface area contributed by atoms with E-state index in [0.29, 0.717) is 4.83 Å². The summed E-state index contributed by atoms with van der Waals surface area (Å²) in [5, 5.41) is 4.69. The Morgan fingerprint density at radius 2 is 2.10 bits per heavy atom. The Labute approximate surface area is 134 Å². The van der Waals surface area contributed by atoms with Gasteiger partial charge >= 0.3 is 0 Å². The monoisotopic (exact) mass is 350 g/mol. The van der Waals surface area contributed by atoms with Gasteiger partial charge in [0.1, 0.15) is 5.52 Å². The molecule has 0 aromatic carbocycles. The molecule has 0 radical (unpaired) electrons. The Morgan fingerprint density at radius 1 is 1.38 bits per heavy atom. The fourth-order valence-electron chi connectivity index (χ4n) is 2.85. The Hall–Kier alpha value is -1.10. The lowest BCUT2D eigenvalue weighted by Gasteiger charge is -2.34. The van der Waals surface area contributed by atoms with Crippen molar-refractivity contribution < 1.29 is 0 Å². The molecule has 0 N–H and O–H groups in total. The summed E-state index contributed by atoms with van der Waals surface area (Å²) in [5.74, 6) is 1.80. The average molecular weight is 351 g/mol. The summed E-state index contributed by atoms with van der Waals surface area (Å²) in [7, 11) is 2.13. The van der Waals surface area contributed by atoms with Crippen LogP contribution >= 0.6 is 15.9 Å². The lowest BCUT2D eigenvalue weighted by Crippen LogP contribution is -2.35. The third-order valence-corrected chi connectivity index (χ3v) is 4.96. The molecule has 0 amide bonds. The third-order valence-electron chi connectivity index (χ3n) is 4.21. The highest BCUT2D eigenvalue weighted by molar-refractivity contribution is 9.09. The van der Waals surface area contributed by atoms with Crippen molar-refractivity contribution in [1.29, 1.82) is 0 Å². The van der Waals surface area contributed by atoms with Crippen LogP contribution < -0.4 is 4.90 Å². The minimum absolute atomic E-state index is 0.0546.